The molecule has 0 atom stereocenters. The molecule has 0 fully saturated rings. The zero-order valence-corrected chi connectivity index (χ0v) is 15.3. The average Bonchev–Trinajstić information content (AvgIpc) is 3.10. The van der Waals surface area contributed by atoms with Crippen LogP contribution in [-0.2, 0) is 19.3 Å². The van der Waals surface area contributed by atoms with Crippen molar-refractivity contribution >= 4 is 11.6 Å². The molecule has 0 bridgehead atoms. The van der Waals surface area contributed by atoms with E-state index in [1.165, 1.54) is 12.1 Å². The molecule has 0 saturated heterocycles. The van der Waals surface area contributed by atoms with Crippen molar-refractivity contribution in [3.63, 3.8) is 0 Å². The van der Waals surface area contributed by atoms with Crippen LogP contribution < -0.4 is 5.32 Å². The van der Waals surface area contributed by atoms with Gasteiger partial charge in [0.05, 0.1) is 18.2 Å². The van der Waals surface area contributed by atoms with Gasteiger partial charge in [0.25, 0.3) is 5.91 Å². The molecule has 1 amide bonds. The molecule has 5 nitrogen and oxygen atoms in total. The van der Waals surface area contributed by atoms with Crippen molar-refractivity contribution in [2.45, 2.75) is 32.1 Å². The predicted octanol–water partition coefficient (Wildman–Crippen LogP) is 4.21. The highest BCUT2D eigenvalue weighted by atomic mass is 19.1. The van der Waals surface area contributed by atoms with E-state index in [1.807, 2.05) is 12.1 Å². The molecule has 3 aromatic rings. The summed E-state index contributed by atoms with van der Waals surface area (Å²) >= 11 is 0. The first kappa shape index (κ1) is 17.9. The van der Waals surface area contributed by atoms with Crippen LogP contribution in [0.15, 0.2) is 48.5 Å². The van der Waals surface area contributed by atoms with Gasteiger partial charge in [0.1, 0.15) is 5.82 Å². The number of amides is 1. The minimum Gasteiger partial charge on any atom is -0.321 e. The van der Waals surface area contributed by atoms with Gasteiger partial charge in [-0.2, -0.15) is 10.4 Å². The number of hydrogen-bond donors (Lipinski definition) is 1. The Labute approximate surface area is 162 Å². The second-order valence-electron chi connectivity index (χ2n) is 6.86. The SMILES string of the molecule is N#CCc1ccc(NC(=O)c2nn(-c3ccc(F)cc3)c3c2CCCC3)cc1. The van der Waals surface area contributed by atoms with Crippen LogP contribution in [0.5, 0.6) is 0 Å². The number of hydrogen-bond acceptors (Lipinski definition) is 3. The first-order chi connectivity index (χ1) is 13.7. The Morgan fingerprint density at radius 3 is 2.54 bits per heavy atom. The average molecular weight is 374 g/mol. The lowest BCUT2D eigenvalue weighted by molar-refractivity contribution is 0.102. The molecule has 4 rings (SSSR count). The zero-order valence-electron chi connectivity index (χ0n) is 15.3. The fraction of sp³-hybridized carbons (Fsp3) is 0.227. The summed E-state index contributed by atoms with van der Waals surface area (Å²) in [6, 6.07) is 15.5. The van der Waals surface area contributed by atoms with E-state index in [9.17, 15) is 9.18 Å². The number of carbonyl (C=O) groups is 1. The van der Waals surface area contributed by atoms with Crippen LogP contribution >= 0.6 is 0 Å². The van der Waals surface area contributed by atoms with Crippen LogP contribution in [-0.4, -0.2) is 15.7 Å². The Morgan fingerprint density at radius 1 is 1.11 bits per heavy atom. The van der Waals surface area contributed by atoms with Gasteiger partial charge in [0.15, 0.2) is 5.69 Å². The van der Waals surface area contributed by atoms with Gasteiger partial charge in [-0.05, 0) is 67.6 Å². The summed E-state index contributed by atoms with van der Waals surface area (Å²) in [5.74, 6) is -0.561. The van der Waals surface area contributed by atoms with Gasteiger partial charge in [-0.1, -0.05) is 12.1 Å². The number of anilines is 1. The van der Waals surface area contributed by atoms with Gasteiger partial charge in [-0.25, -0.2) is 9.07 Å². The molecule has 1 heterocycles. The monoisotopic (exact) mass is 374 g/mol. The van der Waals surface area contributed by atoms with Crippen LogP contribution in [0.3, 0.4) is 0 Å². The van der Waals surface area contributed by atoms with E-state index >= 15 is 0 Å². The molecule has 1 N–H and O–H groups in total. The number of rotatable bonds is 4. The Morgan fingerprint density at radius 2 is 1.82 bits per heavy atom. The smallest absolute Gasteiger partial charge is 0.276 e. The molecule has 0 spiro atoms. The van der Waals surface area contributed by atoms with E-state index in [0.717, 1.165) is 48.2 Å². The fourth-order valence-electron chi connectivity index (χ4n) is 3.56. The Hall–Kier alpha value is -3.46. The maximum absolute atomic E-state index is 13.3. The summed E-state index contributed by atoms with van der Waals surface area (Å²) in [5.41, 5.74) is 4.71. The number of fused-ring (bicyclic) bond motifs is 1. The summed E-state index contributed by atoms with van der Waals surface area (Å²) in [5, 5.41) is 16.2. The van der Waals surface area contributed by atoms with Gasteiger partial charge in [0.2, 0.25) is 0 Å². The molecule has 6 heteroatoms. The third kappa shape index (κ3) is 3.52. The van der Waals surface area contributed by atoms with Crippen LogP contribution in [0.1, 0.15) is 40.2 Å². The van der Waals surface area contributed by atoms with Crippen LogP contribution in [0, 0.1) is 17.1 Å². The molecule has 0 saturated carbocycles. The predicted molar refractivity (Wildman–Crippen MR) is 104 cm³/mol. The van der Waals surface area contributed by atoms with Crippen molar-refractivity contribution in [3.05, 3.63) is 76.9 Å². The van der Waals surface area contributed by atoms with E-state index in [4.69, 9.17) is 5.26 Å². The molecule has 1 aromatic heterocycles. The lowest BCUT2D eigenvalue weighted by Crippen LogP contribution is -2.15. The van der Waals surface area contributed by atoms with Gasteiger partial charge in [-0.3, -0.25) is 4.79 Å². The molecule has 1 aliphatic carbocycles. The Balaban J connectivity index is 1.64. The van der Waals surface area contributed by atoms with E-state index < -0.39 is 0 Å². The lowest BCUT2D eigenvalue weighted by atomic mass is 9.95. The number of benzene rings is 2. The molecule has 140 valence electrons. The molecule has 0 unspecified atom stereocenters. The van der Waals surface area contributed by atoms with Crippen molar-refractivity contribution in [1.82, 2.24) is 9.78 Å². The van der Waals surface area contributed by atoms with E-state index in [2.05, 4.69) is 16.5 Å². The van der Waals surface area contributed by atoms with Gasteiger partial charge >= 0.3 is 0 Å². The summed E-state index contributed by atoms with van der Waals surface area (Å²) in [6.07, 6.45) is 4.05. The summed E-state index contributed by atoms with van der Waals surface area (Å²) in [6.45, 7) is 0. The highest BCUT2D eigenvalue weighted by Gasteiger charge is 2.25. The van der Waals surface area contributed by atoms with Crippen molar-refractivity contribution in [1.29, 1.82) is 5.26 Å². The number of aromatic nitrogens is 2. The molecule has 1 aliphatic rings. The largest absolute Gasteiger partial charge is 0.321 e. The number of halogens is 1. The minimum absolute atomic E-state index is 0.257. The Bertz CT molecular complexity index is 1050. The zero-order chi connectivity index (χ0) is 19.5. The number of nitriles is 1. The first-order valence-electron chi connectivity index (χ1n) is 9.29. The first-order valence-corrected chi connectivity index (χ1v) is 9.29. The topological polar surface area (TPSA) is 70.7 Å². The standard InChI is InChI=1S/C22H19FN4O/c23-16-7-11-18(12-8-16)27-20-4-2-1-3-19(20)21(26-27)22(28)25-17-9-5-15(6-10-17)13-14-24/h5-12H,1-4,13H2,(H,25,28). The Kier molecular flexibility index (Phi) is 4.90. The number of nitrogens with one attached hydrogen (secondary N) is 1. The van der Waals surface area contributed by atoms with Crippen LogP contribution in [0.4, 0.5) is 10.1 Å². The van der Waals surface area contributed by atoms with E-state index in [1.54, 1.807) is 28.9 Å². The molecular weight excluding hydrogens is 355 g/mol. The molecule has 0 radical (unpaired) electrons. The van der Waals surface area contributed by atoms with E-state index in [0.29, 0.717) is 17.8 Å². The fourth-order valence-corrected chi connectivity index (χ4v) is 3.56. The molecule has 2 aromatic carbocycles. The molecule has 0 aliphatic heterocycles. The second-order valence-corrected chi connectivity index (χ2v) is 6.86. The quantitative estimate of drug-likeness (QED) is 0.744. The maximum atomic E-state index is 13.3. The van der Waals surface area contributed by atoms with Gasteiger partial charge in [-0.15, -0.1) is 0 Å². The van der Waals surface area contributed by atoms with Gasteiger partial charge in [0, 0.05) is 16.9 Å². The highest BCUT2D eigenvalue weighted by Crippen LogP contribution is 2.27. The third-order valence-electron chi connectivity index (χ3n) is 4.96. The minimum atomic E-state index is -0.303. The van der Waals surface area contributed by atoms with Crippen LogP contribution in [0.2, 0.25) is 0 Å². The third-order valence-corrected chi connectivity index (χ3v) is 4.96. The molecule has 28 heavy (non-hydrogen) atoms. The summed E-state index contributed by atoms with van der Waals surface area (Å²) < 4.78 is 15.0. The van der Waals surface area contributed by atoms with E-state index in [-0.39, 0.29) is 11.7 Å². The number of nitrogens with zero attached hydrogens (tertiary/aromatic N) is 3. The second kappa shape index (κ2) is 7.65. The van der Waals surface area contributed by atoms with Crippen molar-refractivity contribution in [2.24, 2.45) is 0 Å². The summed E-state index contributed by atoms with van der Waals surface area (Å²) in [4.78, 5) is 12.9. The maximum Gasteiger partial charge on any atom is 0.276 e. The van der Waals surface area contributed by atoms with Crippen molar-refractivity contribution in [3.8, 4) is 11.8 Å². The molecular formula is C22H19FN4O. The van der Waals surface area contributed by atoms with Crippen molar-refractivity contribution < 1.29 is 9.18 Å². The van der Waals surface area contributed by atoms with Crippen molar-refractivity contribution in [2.75, 3.05) is 5.32 Å². The normalized spacial score (nSPS) is 12.9. The summed E-state index contributed by atoms with van der Waals surface area (Å²) in [7, 11) is 0. The highest BCUT2D eigenvalue weighted by molar-refractivity contribution is 6.04. The van der Waals surface area contributed by atoms with Crippen LogP contribution in [0.25, 0.3) is 5.69 Å². The number of carbonyl (C=O) groups excluding carboxylic acids is 1. The van der Waals surface area contributed by atoms with Gasteiger partial charge < -0.3 is 5.32 Å². The lowest BCUT2D eigenvalue weighted by Gasteiger charge is -2.14.